The van der Waals surface area contributed by atoms with Crippen LogP contribution in [0.2, 0.25) is 0 Å². The van der Waals surface area contributed by atoms with Gasteiger partial charge >= 0.3 is 0 Å². The van der Waals surface area contributed by atoms with Crippen LogP contribution in [0.25, 0.3) is 0 Å². The molecule has 0 fully saturated rings. The third-order valence-electron chi connectivity index (χ3n) is 2.14. The summed E-state index contributed by atoms with van der Waals surface area (Å²) in [6.07, 6.45) is 0.326. The zero-order chi connectivity index (χ0) is 11.4. The Hall–Kier alpha value is -1.62. The summed E-state index contributed by atoms with van der Waals surface area (Å²) in [5.74, 6) is 0.407. The number of nitrogen functional groups attached to an aromatic ring is 1. The summed E-state index contributed by atoms with van der Waals surface area (Å²) in [7, 11) is 2.86. The number of aromatic hydroxyl groups is 1. The van der Waals surface area contributed by atoms with Gasteiger partial charge in [-0.3, -0.25) is 0 Å². The molecule has 0 heterocycles. The second-order valence-corrected chi connectivity index (χ2v) is 3.00. The molecule has 0 aliphatic heterocycles. The minimum atomic E-state index is -0.0994. The highest BCUT2D eigenvalue weighted by Gasteiger charge is 2.17. The predicted octanol–water partition coefficient (Wildman–Crippen LogP) is 0.526. The molecule has 0 saturated carbocycles. The fourth-order valence-corrected chi connectivity index (χ4v) is 1.43. The number of hydrogen-bond acceptors (Lipinski definition) is 5. The number of phenolic OH excluding ortho intramolecular Hbond substituents is 1. The summed E-state index contributed by atoms with van der Waals surface area (Å²) in [5, 5.41) is 18.6. The van der Waals surface area contributed by atoms with Crippen LogP contribution in [-0.4, -0.2) is 31.0 Å². The number of aliphatic hydroxyl groups excluding tert-OH is 1. The number of aliphatic hydroxyl groups is 1. The van der Waals surface area contributed by atoms with Crippen LogP contribution in [0.15, 0.2) is 6.07 Å². The van der Waals surface area contributed by atoms with E-state index in [-0.39, 0.29) is 23.9 Å². The monoisotopic (exact) mass is 213 g/mol. The Kier molecular flexibility index (Phi) is 3.62. The van der Waals surface area contributed by atoms with Crippen molar-refractivity contribution >= 4 is 5.69 Å². The molecular weight excluding hydrogens is 198 g/mol. The highest BCUT2D eigenvalue weighted by molar-refractivity contribution is 5.66. The molecule has 0 radical (unpaired) electrons. The largest absolute Gasteiger partial charge is 0.502 e. The van der Waals surface area contributed by atoms with E-state index in [1.165, 1.54) is 20.3 Å². The first-order valence-corrected chi connectivity index (χ1v) is 4.48. The molecule has 0 saturated heterocycles. The van der Waals surface area contributed by atoms with Gasteiger partial charge in [0.2, 0.25) is 5.75 Å². The van der Waals surface area contributed by atoms with Gasteiger partial charge in [-0.2, -0.15) is 0 Å². The molecule has 0 atom stereocenters. The lowest BCUT2D eigenvalue weighted by molar-refractivity contribution is 0.294. The van der Waals surface area contributed by atoms with Gasteiger partial charge in [0.15, 0.2) is 11.5 Å². The molecule has 1 rings (SSSR count). The van der Waals surface area contributed by atoms with Crippen LogP contribution in [0, 0.1) is 0 Å². The quantitative estimate of drug-likeness (QED) is 0.501. The summed E-state index contributed by atoms with van der Waals surface area (Å²) in [6, 6.07) is 1.50. The third-order valence-corrected chi connectivity index (χ3v) is 2.14. The molecule has 5 nitrogen and oxygen atoms in total. The van der Waals surface area contributed by atoms with Crippen molar-refractivity contribution in [1.82, 2.24) is 0 Å². The van der Waals surface area contributed by atoms with Crippen LogP contribution in [0.5, 0.6) is 17.2 Å². The van der Waals surface area contributed by atoms with E-state index in [4.69, 9.17) is 20.3 Å². The summed E-state index contributed by atoms with van der Waals surface area (Å²) < 4.78 is 9.96. The van der Waals surface area contributed by atoms with Gasteiger partial charge in [0.05, 0.1) is 14.2 Å². The Labute approximate surface area is 88.0 Å². The number of methoxy groups -OCH3 is 2. The molecule has 15 heavy (non-hydrogen) atoms. The number of ether oxygens (including phenoxy) is 2. The molecule has 0 aliphatic carbocycles. The zero-order valence-corrected chi connectivity index (χ0v) is 8.78. The molecule has 84 valence electrons. The van der Waals surface area contributed by atoms with Crippen LogP contribution in [-0.2, 0) is 6.42 Å². The maximum atomic E-state index is 9.73. The van der Waals surface area contributed by atoms with Crippen molar-refractivity contribution in [2.75, 3.05) is 26.6 Å². The van der Waals surface area contributed by atoms with Crippen LogP contribution >= 0.6 is 0 Å². The zero-order valence-electron chi connectivity index (χ0n) is 8.78. The van der Waals surface area contributed by atoms with Gasteiger partial charge in [-0.25, -0.2) is 0 Å². The van der Waals surface area contributed by atoms with Crippen molar-refractivity contribution in [2.24, 2.45) is 0 Å². The molecule has 0 bridgehead atoms. The van der Waals surface area contributed by atoms with Crippen molar-refractivity contribution in [3.8, 4) is 17.2 Å². The first-order valence-electron chi connectivity index (χ1n) is 4.48. The van der Waals surface area contributed by atoms with E-state index >= 15 is 0 Å². The second-order valence-electron chi connectivity index (χ2n) is 3.00. The van der Waals surface area contributed by atoms with E-state index in [0.29, 0.717) is 17.7 Å². The molecule has 0 aromatic heterocycles. The fraction of sp³-hybridized carbons (Fsp3) is 0.400. The van der Waals surface area contributed by atoms with Gasteiger partial charge in [-0.05, 0) is 0 Å². The Morgan fingerprint density at radius 1 is 1.33 bits per heavy atom. The molecule has 1 aromatic carbocycles. The Bertz CT molecular complexity index is 352. The van der Waals surface area contributed by atoms with Crippen molar-refractivity contribution in [3.05, 3.63) is 11.6 Å². The molecule has 0 spiro atoms. The molecular formula is C10H15NO4. The van der Waals surface area contributed by atoms with Gasteiger partial charge in [-0.15, -0.1) is 0 Å². The minimum Gasteiger partial charge on any atom is -0.502 e. The van der Waals surface area contributed by atoms with Crippen molar-refractivity contribution in [2.45, 2.75) is 6.42 Å². The van der Waals surface area contributed by atoms with Crippen molar-refractivity contribution in [3.63, 3.8) is 0 Å². The van der Waals surface area contributed by atoms with Gasteiger partial charge in [-0.1, -0.05) is 0 Å². The van der Waals surface area contributed by atoms with E-state index in [2.05, 4.69) is 0 Å². The lowest BCUT2D eigenvalue weighted by Gasteiger charge is -2.14. The number of phenols is 1. The van der Waals surface area contributed by atoms with Gasteiger partial charge in [0.25, 0.3) is 0 Å². The third kappa shape index (κ3) is 2.07. The van der Waals surface area contributed by atoms with E-state index in [9.17, 15) is 5.11 Å². The fourth-order valence-electron chi connectivity index (χ4n) is 1.43. The highest BCUT2D eigenvalue weighted by Crippen LogP contribution is 2.42. The van der Waals surface area contributed by atoms with Crippen LogP contribution in [0.1, 0.15) is 5.56 Å². The van der Waals surface area contributed by atoms with Crippen molar-refractivity contribution < 1.29 is 19.7 Å². The second kappa shape index (κ2) is 4.75. The lowest BCUT2D eigenvalue weighted by atomic mass is 10.1. The highest BCUT2D eigenvalue weighted by atomic mass is 16.5. The number of anilines is 1. The number of nitrogens with two attached hydrogens (primary N) is 1. The Balaban J connectivity index is 3.32. The standard InChI is InChI=1S/C10H15NO4/c1-14-8-5-7(11)6(3-4-12)10(15-2)9(8)13/h5,12-13H,3-4,11H2,1-2H3. The van der Waals surface area contributed by atoms with E-state index < -0.39 is 0 Å². The maximum Gasteiger partial charge on any atom is 0.201 e. The Morgan fingerprint density at radius 2 is 2.00 bits per heavy atom. The average Bonchev–Trinajstić information content (AvgIpc) is 2.23. The molecule has 4 N–H and O–H groups in total. The molecule has 5 heteroatoms. The van der Waals surface area contributed by atoms with Gasteiger partial charge in [0, 0.05) is 30.3 Å². The summed E-state index contributed by atoms with van der Waals surface area (Å²) >= 11 is 0. The van der Waals surface area contributed by atoms with Crippen LogP contribution in [0.4, 0.5) is 5.69 Å². The minimum absolute atomic E-state index is 0.0632. The molecule has 1 aromatic rings. The SMILES string of the molecule is COc1cc(N)c(CCO)c(OC)c1O. The maximum absolute atomic E-state index is 9.73. The Morgan fingerprint density at radius 3 is 2.47 bits per heavy atom. The molecule has 0 amide bonds. The first kappa shape index (κ1) is 11.5. The average molecular weight is 213 g/mol. The normalized spacial score (nSPS) is 10.1. The summed E-state index contributed by atoms with van der Waals surface area (Å²) in [4.78, 5) is 0. The van der Waals surface area contributed by atoms with Crippen molar-refractivity contribution in [1.29, 1.82) is 0 Å². The smallest absolute Gasteiger partial charge is 0.201 e. The first-order chi connectivity index (χ1) is 7.15. The van der Waals surface area contributed by atoms with Gasteiger partial charge in [0.1, 0.15) is 0 Å². The summed E-state index contributed by atoms with van der Waals surface area (Å²) in [6.45, 7) is -0.0632. The van der Waals surface area contributed by atoms with Crippen LogP contribution in [0.3, 0.4) is 0 Å². The topological polar surface area (TPSA) is 84.9 Å². The van der Waals surface area contributed by atoms with Crippen LogP contribution < -0.4 is 15.2 Å². The number of rotatable bonds is 4. The molecule has 0 aliphatic rings. The van der Waals surface area contributed by atoms with E-state index in [0.717, 1.165) is 0 Å². The molecule has 0 unspecified atom stereocenters. The van der Waals surface area contributed by atoms with Gasteiger partial charge < -0.3 is 25.4 Å². The number of hydrogen-bond donors (Lipinski definition) is 3. The lowest BCUT2D eigenvalue weighted by Crippen LogP contribution is -2.02. The van der Waals surface area contributed by atoms with E-state index in [1.54, 1.807) is 0 Å². The van der Waals surface area contributed by atoms with E-state index in [1.807, 2.05) is 0 Å². The number of benzene rings is 1. The predicted molar refractivity (Wildman–Crippen MR) is 56.4 cm³/mol. The summed E-state index contributed by atoms with van der Waals surface area (Å²) in [5.41, 5.74) is 6.75.